The number of carbonyl (C=O) groups is 1. The Labute approximate surface area is 171 Å². The fraction of sp³-hybridized carbons (Fsp3) is 0.318. The fourth-order valence-electron chi connectivity index (χ4n) is 3.06. The number of halogens is 3. The molecule has 1 amide bonds. The summed E-state index contributed by atoms with van der Waals surface area (Å²) in [4.78, 5) is 14.9. The van der Waals surface area contributed by atoms with Gasteiger partial charge in [-0.15, -0.1) is 0 Å². The van der Waals surface area contributed by atoms with Crippen molar-refractivity contribution in [2.45, 2.75) is 20.3 Å². The number of H-pyrrole nitrogens is 1. The summed E-state index contributed by atoms with van der Waals surface area (Å²) in [5.41, 5.74) is 1.29. The Morgan fingerprint density at radius 2 is 1.83 bits per heavy atom. The van der Waals surface area contributed by atoms with Gasteiger partial charge in [-0.3, -0.25) is 0 Å². The van der Waals surface area contributed by atoms with Gasteiger partial charge in [0.1, 0.15) is 17.5 Å². The molecule has 3 rings (SSSR count). The van der Waals surface area contributed by atoms with Gasteiger partial charge in [0.2, 0.25) is 0 Å². The highest BCUT2D eigenvalue weighted by Crippen LogP contribution is 2.33. The molecule has 30 heavy (non-hydrogen) atoms. The summed E-state index contributed by atoms with van der Waals surface area (Å²) < 4.78 is 46.6. The molecule has 0 spiro atoms. The van der Waals surface area contributed by atoms with Gasteiger partial charge < -0.3 is 20.1 Å². The van der Waals surface area contributed by atoms with Crippen LogP contribution in [0.2, 0.25) is 0 Å². The third kappa shape index (κ3) is 4.94. The van der Waals surface area contributed by atoms with Gasteiger partial charge >= 0.3 is 6.09 Å². The number of aliphatic hydroxyl groups is 1. The minimum absolute atomic E-state index is 0.0370. The van der Waals surface area contributed by atoms with Crippen LogP contribution in [0.4, 0.5) is 18.0 Å². The van der Waals surface area contributed by atoms with Crippen molar-refractivity contribution >= 4 is 17.0 Å². The predicted octanol–water partition coefficient (Wildman–Crippen LogP) is 4.54. The van der Waals surface area contributed by atoms with Crippen LogP contribution in [0.1, 0.15) is 19.4 Å². The molecule has 1 aromatic heterocycles. The van der Waals surface area contributed by atoms with E-state index >= 15 is 0 Å². The fourth-order valence-corrected chi connectivity index (χ4v) is 3.06. The minimum Gasteiger partial charge on any atom is -0.449 e. The lowest BCUT2D eigenvalue weighted by atomic mass is 9.95. The van der Waals surface area contributed by atoms with Crippen molar-refractivity contribution in [3.05, 3.63) is 59.4 Å². The molecule has 0 aliphatic carbocycles. The normalized spacial score (nSPS) is 11.7. The standard InChI is InChI=1S/C22H23F3N2O3/c1-22(2,12-28)11-26-21(29)30-8-7-16-17-9-15(24)10-18(25)20(17)27-19(16)13-3-5-14(23)6-4-13/h3-6,9-10,27-28H,7-8,11-12H2,1-2H3,(H,26,29). The Kier molecular flexibility index (Phi) is 6.36. The number of hydrogen-bond acceptors (Lipinski definition) is 3. The van der Waals surface area contributed by atoms with E-state index in [9.17, 15) is 23.1 Å². The molecule has 0 unspecified atom stereocenters. The monoisotopic (exact) mass is 420 g/mol. The first-order valence-electron chi connectivity index (χ1n) is 9.47. The number of ether oxygens (including phenoxy) is 1. The SMILES string of the molecule is CC(C)(CO)CNC(=O)OCCc1c(-c2ccc(F)cc2)[nH]c2c(F)cc(F)cc12. The number of fused-ring (bicyclic) bond motifs is 1. The summed E-state index contributed by atoms with van der Waals surface area (Å²) in [7, 11) is 0. The highest BCUT2D eigenvalue weighted by Gasteiger charge is 2.19. The van der Waals surface area contributed by atoms with Gasteiger partial charge in [-0.25, -0.2) is 18.0 Å². The maximum atomic E-state index is 14.3. The van der Waals surface area contributed by atoms with E-state index in [1.807, 2.05) is 0 Å². The van der Waals surface area contributed by atoms with Gasteiger partial charge in [0.05, 0.1) is 12.1 Å². The number of nitrogens with one attached hydrogen (secondary N) is 2. The van der Waals surface area contributed by atoms with Crippen LogP contribution >= 0.6 is 0 Å². The molecule has 0 aliphatic rings. The molecular formula is C22H23F3N2O3. The van der Waals surface area contributed by atoms with Crippen LogP contribution < -0.4 is 5.32 Å². The second kappa shape index (κ2) is 8.79. The number of amides is 1. The van der Waals surface area contributed by atoms with Crippen LogP contribution in [0.5, 0.6) is 0 Å². The van der Waals surface area contributed by atoms with Crippen molar-refractivity contribution in [3.8, 4) is 11.3 Å². The molecule has 0 bridgehead atoms. The topological polar surface area (TPSA) is 74.3 Å². The molecule has 1 heterocycles. The van der Waals surface area contributed by atoms with E-state index in [1.165, 1.54) is 30.3 Å². The average Bonchev–Trinajstić information content (AvgIpc) is 3.06. The van der Waals surface area contributed by atoms with Crippen molar-refractivity contribution in [3.63, 3.8) is 0 Å². The molecule has 0 radical (unpaired) electrons. The maximum absolute atomic E-state index is 14.3. The number of carbonyl (C=O) groups excluding carboxylic acids is 1. The summed E-state index contributed by atoms with van der Waals surface area (Å²) in [5, 5.41) is 12.1. The quantitative estimate of drug-likeness (QED) is 0.525. The Morgan fingerprint density at radius 1 is 1.13 bits per heavy atom. The Hall–Kier alpha value is -3.00. The van der Waals surface area contributed by atoms with Crippen LogP contribution in [0.3, 0.4) is 0 Å². The lowest BCUT2D eigenvalue weighted by Gasteiger charge is -2.21. The van der Waals surface area contributed by atoms with Gasteiger partial charge in [-0.05, 0) is 41.5 Å². The number of benzene rings is 2. The van der Waals surface area contributed by atoms with Crippen molar-refractivity contribution in [2.24, 2.45) is 5.41 Å². The molecule has 0 aliphatic heterocycles. The van der Waals surface area contributed by atoms with E-state index in [2.05, 4.69) is 10.3 Å². The van der Waals surface area contributed by atoms with E-state index < -0.39 is 29.0 Å². The zero-order chi connectivity index (χ0) is 21.9. The molecule has 0 atom stereocenters. The van der Waals surface area contributed by atoms with E-state index in [4.69, 9.17) is 4.74 Å². The van der Waals surface area contributed by atoms with E-state index in [0.717, 1.165) is 6.07 Å². The zero-order valence-electron chi connectivity index (χ0n) is 16.7. The first kappa shape index (κ1) is 21.7. The lowest BCUT2D eigenvalue weighted by Crippen LogP contribution is -2.36. The molecule has 160 valence electrons. The number of aromatic nitrogens is 1. The van der Waals surface area contributed by atoms with Gasteiger partial charge in [0.15, 0.2) is 0 Å². The number of aliphatic hydroxyl groups excluding tert-OH is 1. The van der Waals surface area contributed by atoms with E-state index in [1.54, 1.807) is 13.8 Å². The third-order valence-corrected chi connectivity index (χ3v) is 4.79. The largest absolute Gasteiger partial charge is 0.449 e. The molecule has 3 N–H and O–H groups in total. The molecule has 0 saturated heterocycles. The third-order valence-electron chi connectivity index (χ3n) is 4.79. The first-order chi connectivity index (χ1) is 14.2. The number of aromatic amines is 1. The summed E-state index contributed by atoms with van der Waals surface area (Å²) in [5.74, 6) is -1.89. The summed E-state index contributed by atoms with van der Waals surface area (Å²) in [6.45, 7) is 3.67. The van der Waals surface area contributed by atoms with Crippen LogP contribution in [0.25, 0.3) is 22.2 Å². The van der Waals surface area contributed by atoms with Crippen LogP contribution in [-0.2, 0) is 11.2 Å². The van der Waals surface area contributed by atoms with E-state index in [0.29, 0.717) is 22.2 Å². The zero-order valence-corrected chi connectivity index (χ0v) is 16.7. The van der Waals surface area contributed by atoms with E-state index in [-0.39, 0.29) is 31.7 Å². The van der Waals surface area contributed by atoms with Crippen molar-refractivity contribution in [2.75, 3.05) is 19.8 Å². The molecule has 5 nitrogen and oxygen atoms in total. The molecule has 0 saturated carbocycles. The maximum Gasteiger partial charge on any atom is 0.407 e. The van der Waals surface area contributed by atoms with Crippen LogP contribution in [0.15, 0.2) is 36.4 Å². The van der Waals surface area contributed by atoms with Gasteiger partial charge in [-0.1, -0.05) is 13.8 Å². The van der Waals surface area contributed by atoms with Gasteiger partial charge in [0, 0.05) is 42.1 Å². The van der Waals surface area contributed by atoms with Gasteiger partial charge in [-0.2, -0.15) is 0 Å². The summed E-state index contributed by atoms with van der Waals surface area (Å²) in [6.07, 6.45) is -0.469. The summed E-state index contributed by atoms with van der Waals surface area (Å²) in [6, 6.07) is 7.60. The highest BCUT2D eigenvalue weighted by atomic mass is 19.1. The summed E-state index contributed by atoms with van der Waals surface area (Å²) >= 11 is 0. The molecule has 3 aromatic rings. The van der Waals surface area contributed by atoms with Crippen molar-refractivity contribution in [1.29, 1.82) is 0 Å². The Balaban J connectivity index is 1.82. The second-order valence-electron chi connectivity index (χ2n) is 7.86. The molecule has 0 fully saturated rings. The molecule has 2 aromatic carbocycles. The highest BCUT2D eigenvalue weighted by molar-refractivity contribution is 5.91. The van der Waals surface area contributed by atoms with Crippen molar-refractivity contribution in [1.82, 2.24) is 10.3 Å². The van der Waals surface area contributed by atoms with Crippen LogP contribution in [-0.4, -0.2) is 35.9 Å². The number of hydrogen-bond donors (Lipinski definition) is 3. The Bertz CT molecular complexity index is 1050. The second-order valence-corrected chi connectivity index (χ2v) is 7.86. The number of rotatable bonds is 7. The number of alkyl carbamates (subject to hydrolysis) is 1. The molecule has 8 heteroatoms. The van der Waals surface area contributed by atoms with Crippen molar-refractivity contribution < 1.29 is 27.8 Å². The first-order valence-corrected chi connectivity index (χ1v) is 9.47. The predicted molar refractivity (Wildman–Crippen MR) is 108 cm³/mol. The lowest BCUT2D eigenvalue weighted by molar-refractivity contribution is 0.128. The van der Waals surface area contributed by atoms with Gasteiger partial charge in [0.25, 0.3) is 0 Å². The Morgan fingerprint density at radius 3 is 2.50 bits per heavy atom. The minimum atomic E-state index is -0.746. The van der Waals surface area contributed by atoms with Crippen LogP contribution in [0, 0.1) is 22.9 Å². The average molecular weight is 420 g/mol. The molecular weight excluding hydrogens is 397 g/mol. The smallest absolute Gasteiger partial charge is 0.407 e.